The van der Waals surface area contributed by atoms with Crippen LogP contribution in [0.2, 0.25) is 0 Å². The topological polar surface area (TPSA) is 90.7 Å². The van der Waals surface area contributed by atoms with Crippen molar-refractivity contribution in [1.82, 2.24) is 5.32 Å². The average Bonchev–Trinajstić information content (AvgIpc) is 2.65. The number of nitro benzene ring substituents is 1. The summed E-state index contributed by atoms with van der Waals surface area (Å²) in [7, 11) is 0. The van der Waals surface area contributed by atoms with Gasteiger partial charge >= 0.3 is 0 Å². The largest absolute Gasteiger partial charge is 0.486 e. The Morgan fingerprint density at radius 2 is 1.92 bits per heavy atom. The van der Waals surface area contributed by atoms with Gasteiger partial charge in [-0.15, -0.1) is 11.8 Å². The van der Waals surface area contributed by atoms with Crippen LogP contribution in [0.4, 0.5) is 5.69 Å². The first-order chi connectivity index (χ1) is 12.1. The second-order valence-electron chi connectivity index (χ2n) is 5.34. The third kappa shape index (κ3) is 4.63. The van der Waals surface area contributed by atoms with Gasteiger partial charge in [0.05, 0.1) is 17.2 Å². The Labute approximate surface area is 148 Å². The van der Waals surface area contributed by atoms with E-state index in [2.05, 4.69) is 5.32 Å². The molecule has 0 spiro atoms. The predicted molar refractivity (Wildman–Crippen MR) is 93.2 cm³/mol. The zero-order valence-corrected chi connectivity index (χ0v) is 14.0. The molecule has 25 heavy (non-hydrogen) atoms. The fraction of sp³-hybridized carbons (Fsp3) is 0.235. The zero-order valence-electron chi connectivity index (χ0n) is 13.2. The van der Waals surface area contributed by atoms with E-state index in [-0.39, 0.29) is 23.5 Å². The van der Waals surface area contributed by atoms with Gasteiger partial charge in [-0.05, 0) is 24.3 Å². The van der Waals surface area contributed by atoms with Crippen molar-refractivity contribution in [2.45, 2.75) is 11.0 Å². The fourth-order valence-electron chi connectivity index (χ4n) is 2.26. The van der Waals surface area contributed by atoms with Crippen LogP contribution >= 0.6 is 11.8 Å². The molecule has 0 unspecified atom stereocenters. The normalized spacial score (nSPS) is 15.4. The van der Waals surface area contributed by atoms with Crippen LogP contribution in [-0.2, 0) is 4.79 Å². The summed E-state index contributed by atoms with van der Waals surface area (Å²) < 4.78 is 11.4. The molecule has 2 aromatic rings. The highest BCUT2D eigenvalue weighted by molar-refractivity contribution is 8.00. The number of hydrogen-bond donors (Lipinski definition) is 1. The second-order valence-corrected chi connectivity index (χ2v) is 6.39. The minimum atomic E-state index is -0.453. The molecule has 0 radical (unpaired) electrons. The maximum Gasteiger partial charge on any atom is 0.269 e. The first kappa shape index (κ1) is 17.1. The lowest BCUT2D eigenvalue weighted by Crippen LogP contribution is -2.41. The summed E-state index contributed by atoms with van der Waals surface area (Å²) in [6, 6.07) is 13.5. The Morgan fingerprint density at radius 1 is 1.20 bits per heavy atom. The van der Waals surface area contributed by atoms with Crippen molar-refractivity contribution < 1.29 is 19.2 Å². The maximum absolute atomic E-state index is 11.9. The van der Waals surface area contributed by atoms with Crippen molar-refractivity contribution in [3.63, 3.8) is 0 Å². The number of ether oxygens (including phenoxy) is 2. The molecule has 2 aromatic carbocycles. The smallest absolute Gasteiger partial charge is 0.269 e. The van der Waals surface area contributed by atoms with Crippen LogP contribution < -0.4 is 14.8 Å². The number of hydrogen-bond acceptors (Lipinski definition) is 6. The number of carbonyl (C=O) groups excluding carboxylic acids is 1. The van der Waals surface area contributed by atoms with E-state index in [0.717, 1.165) is 4.90 Å². The number of para-hydroxylation sites is 2. The molecule has 1 amide bonds. The van der Waals surface area contributed by atoms with Crippen LogP contribution in [0.15, 0.2) is 53.4 Å². The first-order valence-electron chi connectivity index (χ1n) is 7.64. The van der Waals surface area contributed by atoms with E-state index < -0.39 is 4.92 Å². The lowest BCUT2D eigenvalue weighted by Gasteiger charge is -2.26. The lowest BCUT2D eigenvalue weighted by molar-refractivity contribution is -0.384. The van der Waals surface area contributed by atoms with Gasteiger partial charge in [0.15, 0.2) is 11.5 Å². The highest BCUT2D eigenvalue weighted by Gasteiger charge is 2.21. The number of non-ortho nitro benzene ring substituents is 1. The summed E-state index contributed by atoms with van der Waals surface area (Å²) >= 11 is 1.32. The molecule has 7 nitrogen and oxygen atoms in total. The number of nitro groups is 1. The molecule has 1 heterocycles. The summed E-state index contributed by atoms with van der Waals surface area (Å²) in [6.07, 6.45) is -0.233. The van der Waals surface area contributed by atoms with Gasteiger partial charge in [0.1, 0.15) is 12.7 Å². The molecule has 0 saturated carbocycles. The van der Waals surface area contributed by atoms with Gasteiger partial charge in [-0.1, -0.05) is 12.1 Å². The molecular weight excluding hydrogens is 344 g/mol. The molecule has 1 N–H and O–H groups in total. The Hall–Kier alpha value is -2.74. The molecule has 0 fully saturated rings. The Balaban J connectivity index is 1.42. The second kappa shape index (κ2) is 7.89. The van der Waals surface area contributed by atoms with Crippen LogP contribution in [0.5, 0.6) is 11.5 Å². The highest BCUT2D eigenvalue weighted by Crippen LogP contribution is 2.30. The van der Waals surface area contributed by atoms with Gasteiger partial charge in [-0.3, -0.25) is 14.9 Å². The van der Waals surface area contributed by atoms with Crippen molar-refractivity contribution >= 4 is 23.4 Å². The van der Waals surface area contributed by atoms with Crippen molar-refractivity contribution in [2.24, 2.45) is 0 Å². The van der Waals surface area contributed by atoms with Gasteiger partial charge in [-0.25, -0.2) is 0 Å². The first-order valence-corrected chi connectivity index (χ1v) is 8.63. The van der Waals surface area contributed by atoms with Crippen LogP contribution in [0.3, 0.4) is 0 Å². The third-order valence-corrected chi connectivity index (χ3v) is 4.52. The van der Waals surface area contributed by atoms with Gasteiger partial charge in [0, 0.05) is 17.0 Å². The fourth-order valence-corrected chi connectivity index (χ4v) is 2.98. The van der Waals surface area contributed by atoms with Gasteiger partial charge in [0.25, 0.3) is 5.69 Å². The number of carbonyl (C=O) groups is 1. The maximum atomic E-state index is 11.9. The summed E-state index contributed by atoms with van der Waals surface area (Å²) in [4.78, 5) is 22.9. The molecule has 0 saturated heterocycles. The van der Waals surface area contributed by atoms with E-state index in [1.165, 1.54) is 23.9 Å². The molecule has 0 aliphatic carbocycles. The zero-order chi connectivity index (χ0) is 17.6. The molecule has 1 aliphatic rings. The van der Waals surface area contributed by atoms with Gasteiger partial charge < -0.3 is 14.8 Å². The molecule has 130 valence electrons. The van der Waals surface area contributed by atoms with Crippen LogP contribution in [0.25, 0.3) is 0 Å². The number of amides is 1. The minimum absolute atomic E-state index is 0.0310. The Kier molecular flexibility index (Phi) is 5.39. The summed E-state index contributed by atoms with van der Waals surface area (Å²) in [5.41, 5.74) is 0.0310. The minimum Gasteiger partial charge on any atom is -0.486 e. The average molecular weight is 360 g/mol. The molecule has 1 atom stereocenters. The summed E-state index contributed by atoms with van der Waals surface area (Å²) in [6.45, 7) is 0.737. The van der Waals surface area contributed by atoms with E-state index in [0.29, 0.717) is 24.7 Å². The molecule has 0 aromatic heterocycles. The number of thioether (sulfide) groups is 1. The van der Waals surface area contributed by atoms with Crippen molar-refractivity contribution in [3.05, 3.63) is 58.6 Å². The molecule has 0 bridgehead atoms. The monoisotopic (exact) mass is 360 g/mol. The van der Waals surface area contributed by atoms with E-state index in [1.807, 2.05) is 24.3 Å². The Morgan fingerprint density at radius 3 is 2.64 bits per heavy atom. The van der Waals surface area contributed by atoms with E-state index in [9.17, 15) is 14.9 Å². The van der Waals surface area contributed by atoms with Crippen molar-refractivity contribution in [1.29, 1.82) is 0 Å². The third-order valence-electron chi connectivity index (χ3n) is 3.51. The van der Waals surface area contributed by atoms with E-state index in [4.69, 9.17) is 9.47 Å². The van der Waals surface area contributed by atoms with Gasteiger partial charge in [0.2, 0.25) is 5.91 Å². The summed E-state index contributed by atoms with van der Waals surface area (Å²) in [5.74, 6) is 1.47. The lowest BCUT2D eigenvalue weighted by atomic mass is 10.2. The number of nitrogens with one attached hydrogen (secondary N) is 1. The number of rotatable bonds is 6. The highest BCUT2D eigenvalue weighted by atomic mass is 32.2. The van der Waals surface area contributed by atoms with Crippen molar-refractivity contribution in [3.8, 4) is 11.5 Å². The number of nitrogens with zero attached hydrogens (tertiary/aromatic N) is 1. The number of benzene rings is 2. The van der Waals surface area contributed by atoms with E-state index in [1.54, 1.807) is 12.1 Å². The van der Waals surface area contributed by atoms with Crippen LogP contribution in [0.1, 0.15) is 0 Å². The van der Waals surface area contributed by atoms with Crippen LogP contribution in [-0.4, -0.2) is 35.8 Å². The number of fused-ring (bicyclic) bond motifs is 1. The molecule has 1 aliphatic heterocycles. The quantitative estimate of drug-likeness (QED) is 0.484. The SMILES string of the molecule is O=C(CSc1ccc([N+](=O)[O-])cc1)NC[C@H]1COc2ccccc2O1. The van der Waals surface area contributed by atoms with Crippen LogP contribution in [0, 0.1) is 10.1 Å². The standard InChI is InChI=1S/C17H16N2O5S/c20-17(11-25-14-7-5-12(6-8-14)19(21)22)18-9-13-10-23-15-3-1-2-4-16(15)24-13/h1-8,13H,9-11H2,(H,18,20)/t13-/m0/s1. The molecule has 3 rings (SSSR count). The summed E-state index contributed by atoms with van der Waals surface area (Å²) in [5, 5.41) is 13.4. The van der Waals surface area contributed by atoms with Gasteiger partial charge in [-0.2, -0.15) is 0 Å². The molecular formula is C17H16N2O5S. The Bertz CT molecular complexity index is 766. The molecule has 8 heteroatoms. The van der Waals surface area contributed by atoms with E-state index >= 15 is 0 Å². The predicted octanol–water partition coefficient (Wildman–Crippen LogP) is 2.64. The van der Waals surface area contributed by atoms with Crippen molar-refractivity contribution in [2.75, 3.05) is 18.9 Å².